The second-order valence-corrected chi connectivity index (χ2v) is 9.26. The van der Waals surface area contributed by atoms with Gasteiger partial charge in [-0.05, 0) is 49.1 Å². The highest BCUT2D eigenvalue weighted by atomic mass is 35.5. The van der Waals surface area contributed by atoms with Gasteiger partial charge in [0, 0.05) is 48.7 Å². The molecule has 2 saturated heterocycles. The third-order valence-corrected chi connectivity index (χ3v) is 6.58. The van der Waals surface area contributed by atoms with Crippen LogP contribution >= 0.6 is 11.6 Å². The Morgan fingerprint density at radius 2 is 1.97 bits per heavy atom. The van der Waals surface area contributed by atoms with E-state index in [9.17, 15) is 0 Å². The van der Waals surface area contributed by atoms with Crippen molar-refractivity contribution in [1.82, 2.24) is 9.55 Å². The molecule has 2 aliphatic rings. The number of ether oxygens (including phenoxy) is 3. The van der Waals surface area contributed by atoms with Gasteiger partial charge in [-0.3, -0.25) is 0 Å². The summed E-state index contributed by atoms with van der Waals surface area (Å²) in [5.41, 5.74) is 2.43. The smallest absolute Gasteiger partial charge is 0.187 e. The van der Waals surface area contributed by atoms with E-state index in [1.54, 1.807) is 12.5 Å². The molecule has 0 saturated carbocycles. The minimum Gasteiger partial charge on any atom is -0.491 e. The highest BCUT2D eigenvalue weighted by molar-refractivity contribution is 6.30. The van der Waals surface area contributed by atoms with Crippen LogP contribution in [0, 0.1) is 0 Å². The van der Waals surface area contributed by atoms with Gasteiger partial charge in [0.05, 0.1) is 19.5 Å². The average molecular weight is 468 g/mol. The molecule has 0 bridgehead atoms. The number of hydrogen-bond acceptors (Lipinski definition) is 5. The van der Waals surface area contributed by atoms with Crippen LogP contribution in [0.3, 0.4) is 0 Å². The van der Waals surface area contributed by atoms with E-state index in [1.165, 1.54) is 24.1 Å². The highest BCUT2D eigenvalue weighted by Gasteiger charge is 2.42. The molecule has 2 unspecified atom stereocenters. The lowest BCUT2D eigenvalue weighted by molar-refractivity contribution is -0.184. The number of nitrogens with zero attached hydrogens (tertiary/aromatic N) is 3. The third kappa shape index (κ3) is 5.69. The van der Waals surface area contributed by atoms with Crippen molar-refractivity contribution in [1.29, 1.82) is 0 Å². The Balaban J connectivity index is 1.22. The first-order valence-corrected chi connectivity index (χ1v) is 12.1. The maximum atomic E-state index is 6.49. The Bertz CT molecular complexity index is 1020. The summed E-state index contributed by atoms with van der Waals surface area (Å²) in [4.78, 5) is 6.58. The molecule has 0 radical (unpaired) electrons. The number of aryl methyl sites for hydroxylation is 1. The first kappa shape index (κ1) is 22.3. The number of aromatic nitrogens is 2. The maximum Gasteiger partial charge on any atom is 0.187 e. The standard InChI is InChI=1S/C26H30ClN3O3/c27-22-8-6-21(7-9-22)10-11-26(19-29-15-12-28-20-29)32-18-25(33-26)17-31-24-5-3-4-23(16-24)30-13-1-2-14-30/h3-9,12,15-16,20,25H,1-2,10-11,13-14,17-19H2. The Kier molecular flexibility index (Phi) is 6.85. The molecule has 2 fully saturated rings. The van der Waals surface area contributed by atoms with Crippen molar-refractivity contribution < 1.29 is 14.2 Å². The van der Waals surface area contributed by atoms with Gasteiger partial charge < -0.3 is 23.7 Å². The van der Waals surface area contributed by atoms with Crippen molar-refractivity contribution >= 4 is 17.3 Å². The number of hydrogen-bond donors (Lipinski definition) is 0. The summed E-state index contributed by atoms with van der Waals surface area (Å²) in [5.74, 6) is 0.155. The number of benzene rings is 2. The summed E-state index contributed by atoms with van der Waals surface area (Å²) in [7, 11) is 0. The first-order chi connectivity index (χ1) is 16.2. The maximum absolute atomic E-state index is 6.49. The van der Waals surface area contributed by atoms with Gasteiger partial charge in [-0.25, -0.2) is 4.98 Å². The second-order valence-electron chi connectivity index (χ2n) is 8.83. The van der Waals surface area contributed by atoms with Crippen LogP contribution in [0.25, 0.3) is 0 Å². The van der Waals surface area contributed by atoms with E-state index in [2.05, 4.69) is 40.2 Å². The van der Waals surface area contributed by atoms with Crippen LogP contribution in [0.2, 0.25) is 5.02 Å². The molecule has 0 N–H and O–H groups in total. The molecule has 0 aliphatic carbocycles. The van der Waals surface area contributed by atoms with Gasteiger partial charge in [0.25, 0.3) is 0 Å². The quantitative estimate of drug-likeness (QED) is 0.445. The van der Waals surface area contributed by atoms with Crippen LogP contribution in [-0.2, 0) is 22.4 Å². The molecule has 174 valence electrons. The van der Waals surface area contributed by atoms with Crippen LogP contribution in [0.15, 0.2) is 67.3 Å². The summed E-state index contributed by atoms with van der Waals surface area (Å²) in [6, 6.07) is 16.3. The van der Waals surface area contributed by atoms with E-state index in [4.69, 9.17) is 25.8 Å². The van der Waals surface area contributed by atoms with Gasteiger partial charge >= 0.3 is 0 Å². The van der Waals surface area contributed by atoms with Crippen molar-refractivity contribution in [2.75, 3.05) is 31.2 Å². The SMILES string of the molecule is Clc1ccc(CCC2(Cn3ccnc3)OCC(COc3cccc(N4CCCC4)c3)O2)cc1. The zero-order valence-corrected chi connectivity index (χ0v) is 19.5. The summed E-state index contributed by atoms with van der Waals surface area (Å²) >= 11 is 6.04. The molecule has 3 heterocycles. The molecule has 0 spiro atoms. The van der Waals surface area contributed by atoms with Gasteiger partial charge in [0.15, 0.2) is 5.79 Å². The fraction of sp³-hybridized carbons (Fsp3) is 0.423. The number of rotatable bonds is 9. The van der Waals surface area contributed by atoms with E-state index in [0.29, 0.717) is 19.8 Å². The van der Waals surface area contributed by atoms with Gasteiger partial charge in [-0.2, -0.15) is 0 Å². The zero-order valence-electron chi connectivity index (χ0n) is 18.7. The molecule has 7 heteroatoms. The molecule has 0 amide bonds. The number of anilines is 1. The van der Waals surface area contributed by atoms with Crippen LogP contribution in [0.4, 0.5) is 5.69 Å². The molecular formula is C26H30ClN3O3. The fourth-order valence-corrected chi connectivity index (χ4v) is 4.70. The number of imidazole rings is 1. The van der Waals surface area contributed by atoms with Crippen molar-refractivity contribution in [3.05, 3.63) is 77.8 Å². The summed E-state index contributed by atoms with van der Waals surface area (Å²) in [6.07, 6.45) is 9.45. The minimum absolute atomic E-state index is 0.130. The third-order valence-electron chi connectivity index (χ3n) is 6.33. The monoisotopic (exact) mass is 467 g/mol. The van der Waals surface area contributed by atoms with E-state index < -0.39 is 5.79 Å². The normalized spacial score (nSPS) is 22.7. The van der Waals surface area contributed by atoms with Crippen LogP contribution < -0.4 is 9.64 Å². The van der Waals surface area contributed by atoms with E-state index in [1.807, 2.05) is 29.0 Å². The summed E-state index contributed by atoms with van der Waals surface area (Å²) in [6.45, 7) is 3.78. The minimum atomic E-state index is -0.717. The molecule has 33 heavy (non-hydrogen) atoms. The van der Waals surface area contributed by atoms with Crippen molar-refractivity contribution in [2.45, 2.75) is 44.1 Å². The summed E-state index contributed by atoms with van der Waals surface area (Å²) < 4.78 is 20.9. The Hall–Kier alpha value is -2.54. The van der Waals surface area contributed by atoms with Crippen molar-refractivity contribution in [3.8, 4) is 5.75 Å². The molecule has 5 rings (SSSR count). The molecule has 2 aliphatic heterocycles. The van der Waals surface area contributed by atoms with Gasteiger partial charge in [0.2, 0.25) is 0 Å². The van der Waals surface area contributed by atoms with Crippen LogP contribution in [0.1, 0.15) is 24.8 Å². The molecule has 3 aromatic rings. The predicted octanol–water partition coefficient (Wildman–Crippen LogP) is 4.96. The second kappa shape index (κ2) is 10.2. The molecular weight excluding hydrogens is 438 g/mol. The van der Waals surface area contributed by atoms with Crippen molar-refractivity contribution in [2.24, 2.45) is 0 Å². The van der Waals surface area contributed by atoms with Crippen molar-refractivity contribution in [3.63, 3.8) is 0 Å². The van der Waals surface area contributed by atoms with Crippen LogP contribution in [-0.4, -0.2) is 47.7 Å². The largest absolute Gasteiger partial charge is 0.491 e. The first-order valence-electron chi connectivity index (χ1n) is 11.7. The topological polar surface area (TPSA) is 48.8 Å². The number of halogens is 1. The van der Waals surface area contributed by atoms with E-state index >= 15 is 0 Å². The highest BCUT2D eigenvalue weighted by Crippen LogP contribution is 2.32. The van der Waals surface area contributed by atoms with Crippen LogP contribution in [0.5, 0.6) is 5.75 Å². The van der Waals surface area contributed by atoms with E-state index in [0.717, 1.165) is 36.7 Å². The average Bonchev–Trinajstić information content (AvgIpc) is 3.61. The van der Waals surface area contributed by atoms with Gasteiger partial charge in [-0.15, -0.1) is 0 Å². The van der Waals surface area contributed by atoms with Gasteiger partial charge in [0.1, 0.15) is 18.5 Å². The fourth-order valence-electron chi connectivity index (χ4n) is 4.57. The summed E-state index contributed by atoms with van der Waals surface area (Å²) in [5, 5.41) is 0.742. The molecule has 1 aromatic heterocycles. The molecule has 2 aromatic carbocycles. The van der Waals surface area contributed by atoms with E-state index in [-0.39, 0.29) is 6.10 Å². The predicted molar refractivity (Wildman–Crippen MR) is 129 cm³/mol. The lowest BCUT2D eigenvalue weighted by Gasteiger charge is -2.28. The zero-order chi connectivity index (χ0) is 22.5. The van der Waals surface area contributed by atoms with Gasteiger partial charge in [-0.1, -0.05) is 29.8 Å². The molecule has 6 nitrogen and oxygen atoms in total. The Labute approximate surface area is 200 Å². The Morgan fingerprint density at radius 1 is 1.12 bits per heavy atom. The Morgan fingerprint density at radius 3 is 2.76 bits per heavy atom. The lowest BCUT2D eigenvalue weighted by Crippen LogP contribution is -2.37. The lowest BCUT2D eigenvalue weighted by atomic mass is 10.0. The molecule has 2 atom stereocenters.